The minimum atomic E-state index is 0. The molecule has 0 spiro atoms. The molecule has 0 bridgehead atoms. The van der Waals surface area contributed by atoms with Gasteiger partial charge in [0.2, 0.25) is 0 Å². The van der Waals surface area contributed by atoms with Crippen LogP contribution >= 0.6 is 24.8 Å². The van der Waals surface area contributed by atoms with Crippen LogP contribution in [0.3, 0.4) is 0 Å². The van der Waals surface area contributed by atoms with Crippen molar-refractivity contribution in [3.8, 4) is 5.75 Å². The van der Waals surface area contributed by atoms with E-state index in [2.05, 4.69) is 47.6 Å². The van der Waals surface area contributed by atoms with E-state index in [1.807, 2.05) is 12.1 Å². The molecule has 0 aliphatic rings. The van der Waals surface area contributed by atoms with Gasteiger partial charge < -0.3 is 5.11 Å². The zero-order valence-corrected chi connectivity index (χ0v) is 15.2. The molecule has 1 rings (SSSR count). The molecule has 0 heterocycles. The van der Waals surface area contributed by atoms with Crippen molar-refractivity contribution in [1.82, 2.24) is 0 Å². The Hall–Kier alpha value is 0.314. The summed E-state index contributed by atoms with van der Waals surface area (Å²) in [7, 11) is 0. The summed E-state index contributed by atoms with van der Waals surface area (Å²) >= 11 is 0. The van der Waals surface area contributed by atoms with E-state index in [1.54, 1.807) is 0 Å². The molecule has 0 amide bonds. The number of hydrogen-bond donors (Lipinski definition) is 1. The van der Waals surface area contributed by atoms with Crippen LogP contribution in [0.5, 0.6) is 5.75 Å². The van der Waals surface area contributed by atoms with Crippen molar-refractivity contribution in [1.29, 1.82) is 0 Å². The predicted octanol–water partition coefficient (Wildman–Crippen LogP) is 4.83. The summed E-state index contributed by atoms with van der Waals surface area (Å²) in [6.45, 7) is 13.0. The average Bonchev–Trinajstić information content (AvgIpc) is 1.99. The summed E-state index contributed by atoms with van der Waals surface area (Å²) in [6.07, 6.45) is 0. The van der Waals surface area contributed by atoms with Gasteiger partial charge in [-0.15, -0.1) is 24.8 Å². The van der Waals surface area contributed by atoms with Crippen molar-refractivity contribution in [2.75, 3.05) is 0 Å². The maximum Gasteiger partial charge on any atom is 0.116 e. The van der Waals surface area contributed by atoms with Crippen molar-refractivity contribution >= 4 is 24.8 Å². The van der Waals surface area contributed by atoms with Crippen molar-refractivity contribution < 1.29 is 26.8 Å². The van der Waals surface area contributed by atoms with Gasteiger partial charge in [0, 0.05) is 21.7 Å². The largest absolute Gasteiger partial charge is 0.508 e. The Bertz CT molecular complexity index is 333. The number of hydrogen-bond acceptors (Lipinski definition) is 1. The fourth-order valence-corrected chi connectivity index (χ4v) is 1.48. The predicted molar refractivity (Wildman–Crippen MR) is 80.0 cm³/mol. The molecule has 0 aliphatic heterocycles. The second kappa shape index (κ2) is 7.80. The normalized spacial score (nSPS) is 10.8. The molecule has 0 saturated carbocycles. The Kier molecular flexibility index (Phi) is 10.1. The van der Waals surface area contributed by atoms with E-state index in [0.717, 1.165) is 0 Å². The van der Waals surface area contributed by atoms with Crippen LogP contribution in [0.15, 0.2) is 18.2 Å². The molecular formula is C14H24Cl2OTi. The van der Waals surface area contributed by atoms with Crippen LogP contribution in [0.2, 0.25) is 0 Å². The summed E-state index contributed by atoms with van der Waals surface area (Å²) in [5, 5.41) is 9.72. The van der Waals surface area contributed by atoms with Gasteiger partial charge in [-0.25, -0.2) is 0 Å². The second-order valence-corrected chi connectivity index (χ2v) is 6.27. The molecule has 18 heavy (non-hydrogen) atoms. The SMILES string of the molecule is CC(C)(C)c1cc(O)cc(C(C)(C)C)c1.Cl.Cl.[Ti]. The maximum atomic E-state index is 9.72. The number of aromatic hydroxyl groups is 1. The molecule has 0 aliphatic carbocycles. The number of benzene rings is 1. The first-order chi connectivity index (χ1) is 6.60. The fraction of sp³-hybridized carbons (Fsp3) is 0.571. The van der Waals surface area contributed by atoms with Crippen molar-refractivity contribution in [3.05, 3.63) is 29.3 Å². The summed E-state index contributed by atoms with van der Waals surface area (Å²) in [5.74, 6) is 0.368. The third-order valence-corrected chi connectivity index (χ3v) is 2.65. The van der Waals surface area contributed by atoms with E-state index in [-0.39, 0.29) is 57.4 Å². The van der Waals surface area contributed by atoms with E-state index in [1.165, 1.54) is 11.1 Å². The van der Waals surface area contributed by atoms with Gasteiger partial charge in [0.25, 0.3) is 0 Å². The molecule has 0 unspecified atom stereocenters. The molecule has 104 valence electrons. The van der Waals surface area contributed by atoms with Crippen LogP contribution in [-0.4, -0.2) is 5.11 Å². The molecule has 1 aromatic rings. The van der Waals surface area contributed by atoms with Crippen LogP contribution in [-0.2, 0) is 32.5 Å². The standard InChI is InChI=1S/C14H22O.2ClH.Ti/c1-13(2,3)10-7-11(14(4,5)6)9-12(15)8-10;;;/h7-9,15H,1-6H3;2*1H;. The van der Waals surface area contributed by atoms with Crippen LogP contribution in [0.1, 0.15) is 52.7 Å². The van der Waals surface area contributed by atoms with E-state index < -0.39 is 0 Å². The van der Waals surface area contributed by atoms with E-state index in [9.17, 15) is 5.11 Å². The Morgan fingerprint density at radius 1 is 0.722 bits per heavy atom. The Morgan fingerprint density at radius 2 is 1.00 bits per heavy atom. The number of rotatable bonds is 0. The van der Waals surface area contributed by atoms with E-state index in [4.69, 9.17) is 0 Å². The van der Waals surface area contributed by atoms with E-state index in [0.29, 0.717) is 5.75 Å². The molecule has 0 saturated heterocycles. The molecule has 0 aromatic heterocycles. The zero-order chi connectivity index (χ0) is 11.9. The Labute approximate surface area is 138 Å². The monoisotopic (exact) mass is 326 g/mol. The van der Waals surface area contributed by atoms with Crippen LogP contribution < -0.4 is 0 Å². The minimum Gasteiger partial charge on any atom is -0.508 e. The molecule has 1 nitrogen and oxygen atoms in total. The van der Waals surface area contributed by atoms with Gasteiger partial charge in [-0.1, -0.05) is 47.6 Å². The molecule has 4 heteroatoms. The summed E-state index contributed by atoms with van der Waals surface area (Å²) < 4.78 is 0. The van der Waals surface area contributed by atoms with Crippen LogP contribution in [0.4, 0.5) is 0 Å². The molecular weight excluding hydrogens is 303 g/mol. The Balaban J connectivity index is -0.000000750. The fourth-order valence-electron chi connectivity index (χ4n) is 1.48. The second-order valence-electron chi connectivity index (χ2n) is 6.27. The van der Waals surface area contributed by atoms with Crippen molar-refractivity contribution in [2.24, 2.45) is 0 Å². The number of phenolic OH excluding ortho intramolecular Hbond substituents is 1. The topological polar surface area (TPSA) is 20.2 Å². The van der Waals surface area contributed by atoms with Gasteiger partial charge in [-0.3, -0.25) is 0 Å². The van der Waals surface area contributed by atoms with Crippen LogP contribution in [0, 0.1) is 0 Å². The third-order valence-electron chi connectivity index (χ3n) is 2.65. The summed E-state index contributed by atoms with van der Waals surface area (Å²) in [6, 6.07) is 5.91. The molecule has 1 N–H and O–H groups in total. The molecule has 1 aromatic carbocycles. The van der Waals surface area contributed by atoms with Gasteiger partial charge >= 0.3 is 0 Å². The number of phenols is 1. The minimum absolute atomic E-state index is 0. The summed E-state index contributed by atoms with van der Waals surface area (Å²) in [5.41, 5.74) is 2.54. The van der Waals surface area contributed by atoms with Crippen LogP contribution in [0.25, 0.3) is 0 Å². The van der Waals surface area contributed by atoms with Gasteiger partial charge in [-0.05, 0) is 34.1 Å². The zero-order valence-electron chi connectivity index (χ0n) is 12.0. The molecule has 0 atom stereocenters. The number of halogens is 2. The van der Waals surface area contributed by atoms with Gasteiger partial charge in [0.1, 0.15) is 5.75 Å². The first-order valence-electron chi connectivity index (χ1n) is 5.46. The summed E-state index contributed by atoms with van der Waals surface area (Å²) in [4.78, 5) is 0. The van der Waals surface area contributed by atoms with E-state index >= 15 is 0 Å². The first-order valence-corrected chi connectivity index (χ1v) is 5.46. The maximum absolute atomic E-state index is 9.72. The molecule has 0 fully saturated rings. The third kappa shape index (κ3) is 6.47. The van der Waals surface area contributed by atoms with Crippen molar-refractivity contribution in [2.45, 2.75) is 52.4 Å². The molecule has 0 radical (unpaired) electrons. The average molecular weight is 327 g/mol. The van der Waals surface area contributed by atoms with Crippen molar-refractivity contribution in [3.63, 3.8) is 0 Å². The smallest absolute Gasteiger partial charge is 0.116 e. The Morgan fingerprint density at radius 3 is 1.22 bits per heavy atom. The van der Waals surface area contributed by atoms with Gasteiger partial charge in [-0.2, -0.15) is 0 Å². The quantitative estimate of drug-likeness (QED) is 0.677. The first kappa shape index (κ1) is 23.4. The van der Waals surface area contributed by atoms with Gasteiger partial charge in [0.05, 0.1) is 0 Å². The van der Waals surface area contributed by atoms with Gasteiger partial charge in [0.15, 0.2) is 0 Å².